The molecule has 1 unspecified atom stereocenters. The van der Waals surface area contributed by atoms with Gasteiger partial charge in [-0.15, -0.1) is 0 Å². The van der Waals surface area contributed by atoms with Crippen LogP contribution >= 0.6 is 11.6 Å². The lowest BCUT2D eigenvalue weighted by Crippen LogP contribution is -2.14. The summed E-state index contributed by atoms with van der Waals surface area (Å²) >= 11 is 6.37. The fourth-order valence-corrected chi connectivity index (χ4v) is 4.12. The first-order chi connectivity index (χ1) is 11.7. The maximum atomic E-state index is 6.37. The van der Waals surface area contributed by atoms with Crippen molar-refractivity contribution in [3.05, 3.63) is 88.0 Å². The molecule has 0 aliphatic heterocycles. The summed E-state index contributed by atoms with van der Waals surface area (Å²) in [6, 6.07) is 15.3. The average Bonchev–Trinajstić information content (AvgIpc) is 3.02. The largest absolute Gasteiger partial charge is 0.310 e. The minimum absolute atomic E-state index is 0.0622. The van der Waals surface area contributed by atoms with Crippen LogP contribution in [0.25, 0.3) is 0 Å². The summed E-state index contributed by atoms with van der Waals surface area (Å²) in [5, 5.41) is 0.527. The van der Waals surface area contributed by atoms with E-state index in [2.05, 4.69) is 52.9 Å². The Balaban J connectivity index is 1.88. The summed E-state index contributed by atoms with van der Waals surface area (Å²) in [6.45, 7) is 2.24. The Labute approximate surface area is 148 Å². The Kier molecular flexibility index (Phi) is 4.15. The van der Waals surface area contributed by atoms with Crippen LogP contribution in [0.15, 0.2) is 54.9 Å². The van der Waals surface area contributed by atoms with E-state index in [1.54, 1.807) is 11.8 Å². The molecular weight excluding hydrogens is 316 g/mol. The highest BCUT2D eigenvalue weighted by atomic mass is 35.5. The van der Waals surface area contributed by atoms with Gasteiger partial charge in [0.25, 0.3) is 0 Å². The van der Waals surface area contributed by atoms with Gasteiger partial charge in [0, 0.05) is 12.4 Å². The molecule has 0 bridgehead atoms. The molecule has 24 heavy (non-hydrogen) atoms. The molecule has 2 nitrogen and oxygen atoms in total. The standard InChI is InChI=1S/C21H21ClN2/c1-15-13-18(14-17-9-5-6-10-19(15)17)20(16-7-3-2-4-8-16)24-12-11-23-21(24)22/h2-4,7-8,11-14,20H,5-6,9-10H2,1H3. The number of hydrogen-bond donors (Lipinski definition) is 0. The molecule has 1 aliphatic rings. The zero-order valence-corrected chi connectivity index (χ0v) is 14.6. The van der Waals surface area contributed by atoms with Gasteiger partial charge in [0.15, 0.2) is 0 Å². The molecule has 1 aliphatic carbocycles. The summed E-state index contributed by atoms with van der Waals surface area (Å²) in [5.41, 5.74) is 6.98. The quantitative estimate of drug-likeness (QED) is 0.629. The predicted octanol–water partition coefficient (Wildman–Crippen LogP) is 5.36. The number of imidazole rings is 1. The highest BCUT2D eigenvalue weighted by Crippen LogP contribution is 2.34. The third kappa shape index (κ3) is 2.76. The van der Waals surface area contributed by atoms with Gasteiger partial charge < -0.3 is 4.57 Å². The number of rotatable bonds is 3. The van der Waals surface area contributed by atoms with Crippen LogP contribution in [0.5, 0.6) is 0 Å². The van der Waals surface area contributed by atoms with Crippen LogP contribution in [0.2, 0.25) is 5.28 Å². The molecule has 3 heteroatoms. The van der Waals surface area contributed by atoms with Crippen molar-refractivity contribution in [1.29, 1.82) is 0 Å². The lowest BCUT2D eigenvalue weighted by molar-refractivity contribution is 0.658. The van der Waals surface area contributed by atoms with Crippen molar-refractivity contribution in [3.63, 3.8) is 0 Å². The molecule has 0 saturated heterocycles. The first kappa shape index (κ1) is 15.5. The molecule has 0 radical (unpaired) electrons. The average molecular weight is 337 g/mol. The molecular formula is C21H21ClN2. The van der Waals surface area contributed by atoms with Gasteiger partial charge in [0.1, 0.15) is 0 Å². The highest BCUT2D eigenvalue weighted by molar-refractivity contribution is 6.28. The number of halogens is 1. The van der Waals surface area contributed by atoms with Gasteiger partial charge in [-0.05, 0) is 72.0 Å². The molecule has 2 aromatic carbocycles. The number of benzene rings is 2. The van der Waals surface area contributed by atoms with E-state index >= 15 is 0 Å². The maximum Gasteiger partial charge on any atom is 0.203 e. The van der Waals surface area contributed by atoms with Crippen molar-refractivity contribution in [2.75, 3.05) is 0 Å². The van der Waals surface area contributed by atoms with Crippen LogP contribution < -0.4 is 0 Å². The summed E-state index contributed by atoms with van der Waals surface area (Å²) in [4.78, 5) is 4.23. The summed E-state index contributed by atoms with van der Waals surface area (Å²) < 4.78 is 2.06. The van der Waals surface area contributed by atoms with E-state index in [1.807, 2.05) is 12.3 Å². The Bertz CT molecular complexity index is 852. The zero-order chi connectivity index (χ0) is 16.5. The second-order valence-corrected chi connectivity index (χ2v) is 6.94. The summed E-state index contributed by atoms with van der Waals surface area (Å²) in [6.07, 6.45) is 8.73. The number of hydrogen-bond acceptors (Lipinski definition) is 1. The maximum absolute atomic E-state index is 6.37. The van der Waals surface area contributed by atoms with Crippen molar-refractivity contribution in [2.45, 2.75) is 38.6 Å². The van der Waals surface area contributed by atoms with E-state index < -0.39 is 0 Å². The molecule has 3 aromatic rings. The normalized spacial score (nSPS) is 15.1. The van der Waals surface area contributed by atoms with Crippen LogP contribution in [0.3, 0.4) is 0 Å². The van der Waals surface area contributed by atoms with Gasteiger partial charge in [-0.25, -0.2) is 4.98 Å². The monoisotopic (exact) mass is 336 g/mol. The number of aryl methyl sites for hydroxylation is 2. The van der Waals surface area contributed by atoms with Crippen LogP contribution in [0.4, 0.5) is 0 Å². The lowest BCUT2D eigenvalue weighted by atomic mass is 9.85. The molecule has 122 valence electrons. The van der Waals surface area contributed by atoms with Gasteiger partial charge in [-0.1, -0.05) is 42.5 Å². The smallest absolute Gasteiger partial charge is 0.203 e. The van der Waals surface area contributed by atoms with Crippen molar-refractivity contribution in [3.8, 4) is 0 Å². The SMILES string of the molecule is Cc1cc(C(c2ccccc2)n2ccnc2Cl)cc2c1CCCC2. The van der Waals surface area contributed by atoms with Gasteiger partial charge in [-0.2, -0.15) is 0 Å². The second-order valence-electron chi connectivity index (χ2n) is 6.60. The molecule has 1 heterocycles. The fraction of sp³-hybridized carbons (Fsp3) is 0.286. The first-order valence-corrected chi connectivity index (χ1v) is 8.97. The van der Waals surface area contributed by atoms with Crippen LogP contribution in [0, 0.1) is 6.92 Å². The summed E-state index contributed by atoms with van der Waals surface area (Å²) in [5.74, 6) is 0. The second kappa shape index (κ2) is 6.45. The van der Waals surface area contributed by atoms with Crippen LogP contribution in [0.1, 0.15) is 46.7 Å². The first-order valence-electron chi connectivity index (χ1n) is 8.59. The van der Waals surface area contributed by atoms with Gasteiger partial charge in [0.05, 0.1) is 6.04 Å². The van der Waals surface area contributed by atoms with Crippen LogP contribution in [-0.2, 0) is 12.8 Å². The van der Waals surface area contributed by atoms with Gasteiger partial charge >= 0.3 is 0 Å². The van der Waals surface area contributed by atoms with Crippen molar-refractivity contribution < 1.29 is 0 Å². The van der Waals surface area contributed by atoms with Crippen molar-refractivity contribution >= 4 is 11.6 Å². The van der Waals surface area contributed by atoms with E-state index in [0.717, 1.165) is 0 Å². The van der Waals surface area contributed by atoms with E-state index in [0.29, 0.717) is 5.28 Å². The van der Waals surface area contributed by atoms with E-state index in [4.69, 9.17) is 11.6 Å². The molecule has 0 N–H and O–H groups in total. The third-order valence-electron chi connectivity index (χ3n) is 5.04. The molecule has 0 amide bonds. The topological polar surface area (TPSA) is 17.8 Å². The zero-order valence-electron chi connectivity index (χ0n) is 13.9. The van der Waals surface area contributed by atoms with Crippen molar-refractivity contribution in [2.24, 2.45) is 0 Å². The Morgan fingerprint density at radius 1 is 1.04 bits per heavy atom. The molecule has 0 spiro atoms. The number of aromatic nitrogens is 2. The van der Waals surface area contributed by atoms with Gasteiger partial charge in [0.2, 0.25) is 5.28 Å². The molecule has 0 fully saturated rings. The lowest BCUT2D eigenvalue weighted by Gasteiger charge is -2.25. The minimum Gasteiger partial charge on any atom is -0.310 e. The number of nitrogens with zero attached hydrogens (tertiary/aromatic N) is 2. The Morgan fingerprint density at radius 3 is 2.58 bits per heavy atom. The Morgan fingerprint density at radius 2 is 1.83 bits per heavy atom. The highest BCUT2D eigenvalue weighted by Gasteiger charge is 2.21. The van der Waals surface area contributed by atoms with Crippen molar-refractivity contribution in [1.82, 2.24) is 9.55 Å². The molecule has 1 aromatic heterocycles. The fourth-order valence-electron chi connectivity index (χ4n) is 3.91. The third-order valence-corrected chi connectivity index (χ3v) is 5.33. The van der Waals surface area contributed by atoms with E-state index in [9.17, 15) is 0 Å². The van der Waals surface area contributed by atoms with E-state index in [-0.39, 0.29) is 6.04 Å². The molecule has 4 rings (SSSR count). The summed E-state index contributed by atoms with van der Waals surface area (Å²) in [7, 11) is 0. The molecule has 1 atom stereocenters. The number of fused-ring (bicyclic) bond motifs is 1. The predicted molar refractivity (Wildman–Crippen MR) is 98.7 cm³/mol. The Hall–Kier alpha value is -2.06. The molecule has 0 saturated carbocycles. The van der Waals surface area contributed by atoms with Gasteiger partial charge in [-0.3, -0.25) is 0 Å². The minimum atomic E-state index is 0.0622. The van der Waals surface area contributed by atoms with Crippen LogP contribution in [-0.4, -0.2) is 9.55 Å². The van der Waals surface area contributed by atoms with E-state index in [1.165, 1.54) is 47.9 Å².